The zero-order chi connectivity index (χ0) is 19.6. The molecular weight excluding hydrogens is 346 g/mol. The maximum absolute atomic E-state index is 12.3. The Morgan fingerprint density at radius 3 is 2.19 bits per heavy atom. The first-order valence-corrected chi connectivity index (χ1v) is 8.37. The summed E-state index contributed by atoms with van der Waals surface area (Å²) in [5.41, 5.74) is 3.73. The number of aryl methyl sites for hydroxylation is 2. The first kappa shape index (κ1) is 18.5. The van der Waals surface area contributed by atoms with Crippen LogP contribution in [0.2, 0.25) is 0 Å². The van der Waals surface area contributed by atoms with Crippen molar-refractivity contribution in [2.24, 2.45) is 4.99 Å². The maximum Gasteiger partial charge on any atom is 0.363 e. The van der Waals surface area contributed by atoms with Gasteiger partial charge in [-0.05, 0) is 44.2 Å². The quantitative estimate of drug-likeness (QED) is 0.596. The fourth-order valence-electron chi connectivity index (χ4n) is 3.02. The van der Waals surface area contributed by atoms with E-state index < -0.39 is 5.97 Å². The Labute approximate surface area is 158 Å². The molecule has 0 saturated carbocycles. The second-order valence-electron chi connectivity index (χ2n) is 6.14. The van der Waals surface area contributed by atoms with Gasteiger partial charge < -0.3 is 18.9 Å². The van der Waals surface area contributed by atoms with Crippen LogP contribution in [0.1, 0.15) is 22.3 Å². The third-order valence-electron chi connectivity index (χ3n) is 4.12. The van der Waals surface area contributed by atoms with Gasteiger partial charge in [0.25, 0.3) is 0 Å². The largest absolute Gasteiger partial charge is 0.493 e. The van der Waals surface area contributed by atoms with Crippen molar-refractivity contribution in [3.63, 3.8) is 0 Å². The summed E-state index contributed by atoms with van der Waals surface area (Å²) in [6.07, 6.45) is 1.61. The number of ether oxygens (including phenoxy) is 4. The lowest BCUT2D eigenvalue weighted by Crippen LogP contribution is -2.06. The molecule has 140 valence electrons. The minimum absolute atomic E-state index is 0.190. The van der Waals surface area contributed by atoms with E-state index in [1.807, 2.05) is 32.0 Å². The molecular formula is C21H21NO5. The molecule has 0 radical (unpaired) electrons. The second kappa shape index (κ2) is 7.53. The summed E-state index contributed by atoms with van der Waals surface area (Å²) in [5.74, 6) is 1.20. The smallest absolute Gasteiger partial charge is 0.363 e. The Balaban J connectivity index is 2.04. The van der Waals surface area contributed by atoms with E-state index in [9.17, 15) is 4.79 Å². The Hall–Kier alpha value is -3.28. The van der Waals surface area contributed by atoms with Gasteiger partial charge in [-0.1, -0.05) is 17.2 Å². The predicted molar refractivity (Wildman–Crippen MR) is 103 cm³/mol. The summed E-state index contributed by atoms with van der Waals surface area (Å²) in [6, 6.07) is 9.41. The number of nitrogens with zero attached hydrogens (tertiary/aromatic N) is 1. The van der Waals surface area contributed by atoms with Crippen LogP contribution in [0.3, 0.4) is 0 Å². The molecule has 0 aliphatic carbocycles. The molecule has 6 heteroatoms. The van der Waals surface area contributed by atoms with Crippen molar-refractivity contribution in [1.82, 2.24) is 0 Å². The van der Waals surface area contributed by atoms with Gasteiger partial charge in [0.1, 0.15) is 0 Å². The number of rotatable bonds is 5. The molecule has 0 aromatic heterocycles. The topological polar surface area (TPSA) is 66.4 Å². The predicted octanol–water partition coefficient (Wildman–Crippen LogP) is 3.67. The fourth-order valence-corrected chi connectivity index (χ4v) is 3.02. The van der Waals surface area contributed by atoms with E-state index in [1.165, 1.54) is 14.2 Å². The molecule has 2 aromatic rings. The van der Waals surface area contributed by atoms with E-state index in [0.717, 1.165) is 16.7 Å². The highest BCUT2D eigenvalue weighted by Crippen LogP contribution is 2.40. The molecule has 1 aliphatic heterocycles. The van der Waals surface area contributed by atoms with Crippen molar-refractivity contribution in [2.75, 3.05) is 21.3 Å². The van der Waals surface area contributed by atoms with Crippen molar-refractivity contribution >= 4 is 17.9 Å². The minimum atomic E-state index is -0.513. The summed E-state index contributed by atoms with van der Waals surface area (Å²) in [4.78, 5) is 16.7. The number of cyclic esters (lactones) is 1. The molecule has 1 heterocycles. The van der Waals surface area contributed by atoms with Gasteiger partial charge in [0, 0.05) is 11.1 Å². The van der Waals surface area contributed by atoms with E-state index in [0.29, 0.717) is 22.8 Å². The minimum Gasteiger partial charge on any atom is -0.493 e. The Kier molecular flexibility index (Phi) is 5.16. The SMILES string of the molecule is COc1ccc(/C=C2\N=C(c3cc(C)cc(C)c3)OC2=O)c(OC)c1OC. The molecule has 27 heavy (non-hydrogen) atoms. The highest BCUT2D eigenvalue weighted by atomic mass is 16.6. The van der Waals surface area contributed by atoms with Crippen LogP contribution in [0.15, 0.2) is 41.0 Å². The highest BCUT2D eigenvalue weighted by Gasteiger charge is 2.25. The van der Waals surface area contributed by atoms with Crippen molar-refractivity contribution in [1.29, 1.82) is 0 Å². The molecule has 0 saturated heterocycles. The monoisotopic (exact) mass is 367 g/mol. The lowest BCUT2D eigenvalue weighted by Gasteiger charge is -2.14. The summed E-state index contributed by atoms with van der Waals surface area (Å²) in [5, 5.41) is 0. The van der Waals surface area contributed by atoms with E-state index in [4.69, 9.17) is 18.9 Å². The molecule has 0 spiro atoms. The van der Waals surface area contributed by atoms with Crippen molar-refractivity contribution in [2.45, 2.75) is 13.8 Å². The van der Waals surface area contributed by atoms with E-state index in [1.54, 1.807) is 25.3 Å². The van der Waals surface area contributed by atoms with Crippen LogP contribution >= 0.6 is 0 Å². The molecule has 0 N–H and O–H groups in total. The second-order valence-corrected chi connectivity index (χ2v) is 6.14. The number of hydrogen-bond acceptors (Lipinski definition) is 6. The zero-order valence-electron chi connectivity index (χ0n) is 16.0. The van der Waals surface area contributed by atoms with E-state index in [-0.39, 0.29) is 11.6 Å². The van der Waals surface area contributed by atoms with Crippen LogP contribution < -0.4 is 14.2 Å². The molecule has 6 nitrogen and oxygen atoms in total. The number of hydrogen-bond donors (Lipinski definition) is 0. The zero-order valence-corrected chi connectivity index (χ0v) is 16.0. The Bertz CT molecular complexity index is 939. The summed E-state index contributed by atoms with van der Waals surface area (Å²) in [7, 11) is 4.60. The van der Waals surface area contributed by atoms with Gasteiger partial charge in [-0.2, -0.15) is 0 Å². The first-order valence-electron chi connectivity index (χ1n) is 8.37. The number of esters is 1. The molecule has 0 amide bonds. The highest BCUT2D eigenvalue weighted by molar-refractivity contribution is 6.13. The molecule has 1 aliphatic rings. The van der Waals surface area contributed by atoms with Crippen LogP contribution in [0.5, 0.6) is 17.2 Å². The normalized spacial score (nSPS) is 14.8. The van der Waals surface area contributed by atoms with Gasteiger partial charge in [-0.3, -0.25) is 0 Å². The van der Waals surface area contributed by atoms with Gasteiger partial charge in [-0.15, -0.1) is 0 Å². The number of methoxy groups -OCH3 is 3. The molecule has 3 rings (SSSR count). The van der Waals surface area contributed by atoms with Gasteiger partial charge in [0.05, 0.1) is 21.3 Å². The lowest BCUT2D eigenvalue weighted by molar-refractivity contribution is -0.129. The average Bonchev–Trinajstić information content (AvgIpc) is 3.01. The van der Waals surface area contributed by atoms with Gasteiger partial charge in [-0.25, -0.2) is 9.79 Å². The number of carbonyl (C=O) groups excluding carboxylic acids is 1. The van der Waals surface area contributed by atoms with E-state index >= 15 is 0 Å². The molecule has 0 bridgehead atoms. The summed E-state index contributed by atoms with van der Waals surface area (Å²) < 4.78 is 21.5. The number of benzene rings is 2. The van der Waals surface area contributed by atoms with Crippen LogP contribution in [0, 0.1) is 13.8 Å². The number of aliphatic imine (C=N–C) groups is 1. The Morgan fingerprint density at radius 1 is 0.926 bits per heavy atom. The fraction of sp³-hybridized carbons (Fsp3) is 0.238. The molecule has 0 atom stereocenters. The summed E-state index contributed by atoms with van der Waals surface area (Å²) in [6.45, 7) is 3.97. The Morgan fingerprint density at radius 2 is 1.59 bits per heavy atom. The maximum atomic E-state index is 12.3. The van der Waals surface area contributed by atoms with Crippen LogP contribution in [0.25, 0.3) is 6.08 Å². The third-order valence-corrected chi connectivity index (χ3v) is 4.12. The summed E-state index contributed by atoms with van der Waals surface area (Å²) >= 11 is 0. The van der Waals surface area contributed by atoms with E-state index in [2.05, 4.69) is 4.99 Å². The average molecular weight is 367 g/mol. The van der Waals surface area contributed by atoms with Crippen LogP contribution in [-0.2, 0) is 9.53 Å². The third kappa shape index (κ3) is 3.65. The van der Waals surface area contributed by atoms with Crippen LogP contribution in [0.4, 0.5) is 0 Å². The first-order chi connectivity index (χ1) is 13.0. The van der Waals surface area contributed by atoms with Crippen LogP contribution in [-0.4, -0.2) is 33.2 Å². The standard InChI is InChI=1S/C21H21NO5/c1-12-8-13(2)10-15(9-12)20-22-16(21(23)27-20)11-14-6-7-17(24-3)19(26-5)18(14)25-4/h6-11H,1-5H3/b16-11-. The van der Waals surface area contributed by atoms with Gasteiger partial charge in [0.15, 0.2) is 17.2 Å². The van der Waals surface area contributed by atoms with Crippen molar-refractivity contribution < 1.29 is 23.7 Å². The lowest BCUT2D eigenvalue weighted by atomic mass is 10.1. The van der Waals surface area contributed by atoms with Crippen molar-refractivity contribution in [3.8, 4) is 17.2 Å². The molecule has 0 fully saturated rings. The van der Waals surface area contributed by atoms with Gasteiger partial charge in [0.2, 0.25) is 11.6 Å². The number of carbonyl (C=O) groups is 1. The van der Waals surface area contributed by atoms with Crippen molar-refractivity contribution in [3.05, 3.63) is 58.3 Å². The molecule has 0 unspecified atom stereocenters. The molecule has 2 aromatic carbocycles. The van der Waals surface area contributed by atoms with Gasteiger partial charge >= 0.3 is 5.97 Å².